The number of halogens is 2. The molecule has 0 fully saturated rings. The first-order valence-corrected chi connectivity index (χ1v) is 16.8. The maximum Gasteiger partial charge on any atom is 0.358 e. The smallest absolute Gasteiger partial charge is 0.358 e. The Balaban J connectivity index is 2.04. The molecule has 42 heavy (non-hydrogen) atoms. The summed E-state index contributed by atoms with van der Waals surface area (Å²) in [6, 6.07) is 10.8. The number of fused-ring (bicyclic) bond motifs is 1. The van der Waals surface area contributed by atoms with Gasteiger partial charge >= 0.3 is 7.60 Å². The molecule has 0 spiro atoms. The average molecular weight is 769 g/mol. The molecule has 0 aromatic heterocycles. The van der Waals surface area contributed by atoms with Crippen LogP contribution < -0.4 is 5.30 Å². The summed E-state index contributed by atoms with van der Waals surface area (Å²) in [5.74, 6) is -2.26. The minimum atomic E-state index is -5.24. The van der Waals surface area contributed by atoms with Gasteiger partial charge in [0.1, 0.15) is 26.9 Å². The van der Waals surface area contributed by atoms with Crippen LogP contribution in [0.5, 0.6) is 11.5 Å². The SMILES string of the molecule is O=P(O)(O)c1cc(Cl)ccc1N=Nc1c(S(=O)(=O)O)cc2cc(S(=O)(=O)O)c(N=Nc3cccc(I)c3)c(O)c2c1O. The molecule has 0 saturated heterocycles. The van der Waals surface area contributed by atoms with Crippen LogP contribution in [0.15, 0.2) is 84.8 Å². The van der Waals surface area contributed by atoms with E-state index in [0.717, 1.165) is 15.7 Å². The van der Waals surface area contributed by atoms with Crippen molar-refractivity contribution in [3.63, 3.8) is 0 Å². The number of rotatable bonds is 7. The first-order chi connectivity index (χ1) is 19.4. The third-order valence-electron chi connectivity index (χ3n) is 5.39. The van der Waals surface area contributed by atoms with Gasteiger partial charge in [-0.2, -0.15) is 21.9 Å². The highest BCUT2D eigenvalue weighted by Gasteiger charge is 2.29. The zero-order valence-electron chi connectivity index (χ0n) is 20.2. The molecule has 4 aromatic rings. The van der Waals surface area contributed by atoms with E-state index >= 15 is 0 Å². The summed E-state index contributed by atoms with van der Waals surface area (Å²) < 4.78 is 80.9. The van der Waals surface area contributed by atoms with Gasteiger partial charge in [-0.05, 0) is 76.5 Å². The lowest BCUT2D eigenvalue weighted by atomic mass is 10.1. The van der Waals surface area contributed by atoms with E-state index in [1.807, 2.05) is 22.6 Å². The van der Waals surface area contributed by atoms with E-state index in [4.69, 9.17) is 11.6 Å². The lowest BCUT2D eigenvalue weighted by molar-refractivity contribution is 0.387. The zero-order chi connectivity index (χ0) is 31.2. The van der Waals surface area contributed by atoms with Crippen molar-refractivity contribution in [3.8, 4) is 11.5 Å². The first-order valence-electron chi connectivity index (χ1n) is 10.8. The summed E-state index contributed by atoms with van der Waals surface area (Å²) in [5, 5.41) is 34.8. The largest absolute Gasteiger partial charge is 0.505 e. The number of aromatic hydroxyl groups is 2. The fourth-order valence-corrected chi connectivity index (χ4v) is 6.43. The number of nitrogens with zero attached hydrogens (tertiary/aromatic N) is 4. The van der Waals surface area contributed by atoms with Gasteiger partial charge in [0.25, 0.3) is 20.2 Å². The van der Waals surface area contributed by atoms with Gasteiger partial charge in [0.15, 0.2) is 11.5 Å². The second kappa shape index (κ2) is 11.5. The maximum absolute atomic E-state index is 12.2. The van der Waals surface area contributed by atoms with Crippen LogP contribution in [-0.4, -0.2) is 45.9 Å². The van der Waals surface area contributed by atoms with Crippen LogP contribution in [0.4, 0.5) is 22.7 Å². The Hall–Kier alpha value is -3.07. The Morgan fingerprint density at radius 3 is 1.81 bits per heavy atom. The van der Waals surface area contributed by atoms with Crippen LogP contribution >= 0.6 is 41.8 Å². The molecule has 0 heterocycles. The molecule has 0 saturated carbocycles. The predicted octanol–water partition coefficient (Wildman–Crippen LogP) is 5.64. The highest BCUT2D eigenvalue weighted by atomic mass is 127. The first kappa shape index (κ1) is 31.9. The van der Waals surface area contributed by atoms with Gasteiger partial charge in [-0.1, -0.05) is 17.7 Å². The summed E-state index contributed by atoms with van der Waals surface area (Å²) in [7, 11) is -15.4. The molecule has 0 atom stereocenters. The van der Waals surface area contributed by atoms with Gasteiger partial charge in [-0.3, -0.25) is 13.7 Å². The Bertz CT molecular complexity index is 2100. The summed E-state index contributed by atoms with van der Waals surface area (Å²) >= 11 is 7.77. The van der Waals surface area contributed by atoms with Crippen LogP contribution in [0.25, 0.3) is 10.8 Å². The third kappa shape index (κ3) is 6.77. The molecular formula is C22H15ClIN4O11PS2. The molecule has 4 rings (SSSR count). The summed E-state index contributed by atoms with van der Waals surface area (Å²) in [4.78, 5) is 17.1. The maximum atomic E-state index is 12.2. The number of phenols is 2. The monoisotopic (exact) mass is 768 g/mol. The van der Waals surface area contributed by atoms with E-state index < -0.39 is 82.3 Å². The van der Waals surface area contributed by atoms with Crippen molar-refractivity contribution in [1.29, 1.82) is 0 Å². The summed E-state index contributed by atoms with van der Waals surface area (Å²) in [5.41, 5.74) is -2.13. The van der Waals surface area contributed by atoms with Crippen LogP contribution in [-0.2, 0) is 24.8 Å². The number of hydrogen-bond donors (Lipinski definition) is 6. The molecule has 0 amide bonds. The molecule has 6 N–H and O–H groups in total. The van der Waals surface area contributed by atoms with Crippen LogP contribution in [0.2, 0.25) is 5.02 Å². The standard InChI is InChI=1S/C22H15ClIN4O11PS2/c23-11-4-5-14(15(8-11)40(31,32)33)26-28-20-17(42(37,38)39)7-10-6-16(41(34,35)36)19(21(29)18(10)22(20)30)27-25-13-3-1-2-12(24)9-13/h1-9,29-30H,(H2,31,32,33)(H,34,35,36)(H,37,38,39). The second-order valence-corrected chi connectivity index (χ2v) is 14.3. The Labute approximate surface area is 255 Å². The van der Waals surface area contributed by atoms with Crippen molar-refractivity contribution < 1.29 is 50.5 Å². The van der Waals surface area contributed by atoms with E-state index in [2.05, 4.69) is 20.5 Å². The lowest BCUT2D eigenvalue weighted by Crippen LogP contribution is -2.04. The fourth-order valence-electron chi connectivity index (χ4n) is 3.61. The van der Waals surface area contributed by atoms with E-state index in [0.29, 0.717) is 12.1 Å². The van der Waals surface area contributed by atoms with Crippen molar-refractivity contribution in [2.45, 2.75) is 9.79 Å². The summed E-state index contributed by atoms with van der Waals surface area (Å²) in [6.07, 6.45) is 0. The van der Waals surface area contributed by atoms with Crippen LogP contribution in [0.3, 0.4) is 0 Å². The van der Waals surface area contributed by atoms with Gasteiger partial charge in [0, 0.05) is 8.59 Å². The molecule has 4 aromatic carbocycles. The van der Waals surface area contributed by atoms with Crippen molar-refractivity contribution in [1.82, 2.24) is 0 Å². The molecule has 0 aliphatic rings. The molecule has 0 aliphatic carbocycles. The van der Waals surface area contributed by atoms with E-state index in [-0.39, 0.29) is 10.7 Å². The Kier molecular flexibility index (Phi) is 8.76. The molecule has 0 aliphatic heterocycles. The fraction of sp³-hybridized carbons (Fsp3) is 0. The van der Waals surface area contributed by atoms with Gasteiger partial charge < -0.3 is 20.0 Å². The molecule has 220 valence electrons. The van der Waals surface area contributed by atoms with E-state index in [1.54, 1.807) is 18.2 Å². The topological polar surface area (TPSA) is 256 Å². The zero-order valence-corrected chi connectivity index (χ0v) is 25.7. The van der Waals surface area contributed by atoms with Crippen LogP contribution in [0.1, 0.15) is 0 Å². The van der Waals surface area contributed by atoms with Crippen molar-refractivity contribution >= 4 is 101 Å². The van der Waals surface area contributed by atoms with Crippen molar-refractivity contribution in [3.05, 3.63) is 63.2 Å². The van der Waals surface area contributed by atoms with E-state index in [9.17, 15) is 50.5 Å². The number of azo groups is 2. The van der Waals surface area contributed by atoms with Gasteiger partial charge in [0.2, 0.25) is 0 Å². The summed E-state index contributed by atoms with van der Waals surface area (Å²) in [6.45, 7) is 0. The number of hydrogen-bond acceptors (Lipinski definition) is 11. The third-order valence-corrected chi connectivity index (χ3v) is 9.02. The van der Waals surface area contributed by atoms with Gasteiger partial charge in [-0.25, -0.2) is 0 Å². The van der Waals surface area contributed by atoms with Gasteiger partial charge in [0.05, 0.1) is 16.4 Å². The number of benzene rings is 4. The highest BCUT2D eigenvalue weighted by Crippen LogP contribution is 2.50. The minimum absolute atomic E-state index is 0.0778. The predicted molar refractivity (Wildman–Crippen MR) is 158 cm³/mol. The highest BCUT2D eigenvalue weighted by molar-refractivity contribution is 14.1. The lowest BCUT2D eigenvalue weighted by Gasteiger charge is -2.13. The molecule has 0 bridgehead atoms. The normalized spacial score (nSPS) is 13.0. The van der Waals surface area contributed by atoms with E-state index in [1.165, 1.54) is 12.1 Å². The Morgan fingerprint density at radius 2 is 1.31 bits per heavy atom. The molecular weight excluding hydrogens is 754 g/mol. The second-order valence-electron chi connectivity index (χ2n) is 8.25. The Morgan fingerprint density at radius 1 is 0.762 bits per heavy atom. The molecule has 0 radical (unpaired) electrons. The molecule has 15 nitrogen and oxygen atoms in total. The van der Waals surface area contributed by atoms with Crippen molar-refractivity contribution in [2.24, 2.45) is 20.5 Å². The molecule has 20 heteroatoms. The van der Waals surface area contributed by atoms with Gasteiger partial charge in [-0.15, -0.1) is 15.3 Å². The molecule has 0 unspecified atom stereocenters. The quantitative estimate of drug-likeness (QED) is 0.0581. The average Bonchev–Trinajstić information content (AvgIpc) is 2.86. The number of phenolic OH excluding ortho intramolecular Hbond substituents is 2. The van der Waals surface area contributed by atoms with Crippen LogP contribution in [0, 0.1) is 3.57 Å². The van der Waals surface area contributed by atoms with Crippen molar-refractivity contribution in [2.75, 3.05) is 0 Å². The minimum Gasteiger partial charge on any atom is -0.505 e.